The summed E-state index contributed by atoms with van der Waals surface area (Å²) in [5.74, 6) is 0.969. The maximum atomic E-state index is 5.76. The van der Waals surface area contributed by atoms with Gasteiger partial charge in [0.1, 0.15) is 10.3 Å². The van der Waals surface area contributed by atoms with E-state index in [0.717, 1.165) is 70.1 Å². The average Bonchev–Trinajstić information content (AvgIpc) is 3.18. The summed E-state index contributed by atoms with van der Waals surface area (Å²) in [5.41, 5.74) is 5.63. The molecule has 3 aromatic heterocycles. The molecular formula is C24H27N5OS. The largest absolute Gasteiger partial charge is 0.464 e. The van der Waals surface area contributed by atoms with Gasteiger partial charge in [0.25, 0.3) is 0 Å². The molecule has 1 aliphatic heterocycles. The highest BCUT2D eigenvalue weighted by Gasteiger charge is 2.23. The van der Waals surface area contributed by atoms with Crippen LogP contribution in [0.4, 0.5) is 5.82 Å². The fourth-order valence-corrected chi connectivity index (χ4v) is 5.29. The molecule has 4 aromatic rings. The van der Waals surface area contributed by atoms with Crippen LogP contribution >= 0.6 is 11.3 Å². The van der Waals surface area contributed by atoms with Crippen LogP contribution in [0.5, 0.6) is 6.01 Å². The highest BCUT2D eigenvalue weighted by Crippen LogP contribution is 2.41. The minimum atomic E-state index is 0.452. The summed E-state index contributed by atoms with van der Waals surface area (Å²) in [7, 11) is 0. The molecule has 6 nitrogen and oxygen atoms in total. The van der Waals surface area contributed by atoms with Gasteiger partial charge in [0, 0.05) is 37.1 Å². The minimum absolute atomic E-state index is 0.452. The number of rotatable bonds is 5. The lowest BCUT2D eigenvalue weighted by atomic mass is 10.0. The first-order chi connectivity index (χ1) is 15.2. The molecule has 1 saturated heterocycles. The van der Waals surface area contributed by atoms with Crippen molar-refractivity contribution in [3.05, 3.63) is 41.5 Å². The van der Waals surface area contributed by atoms with Crippen molar-refractivity contribution >= 4 is 37.6 Å². The van der Waals surface area contributed by atoms with E-state index in [1.54, 1.807) is 11.3 Å². The van der Waals surface area contributed by atoms with Crippen LogP contribution < -0.4 is 15.0 Å². The van der Waals surface area contributed by atoms with Gasteiger partial charge in [0.2, 0.25) is 0 Å². The van der Waals surface area contributed by atoms with Gasteiger partial charge < -0.3 is 15.0 Å². The molecule has 1 aromatic carbocycles. The van der Waals surface area contributed by atoms with Crippen LogP contribution in [0, 0.1) is 6.92 Å². The number of benzene rings is 1. The number of anilines is 1. The van der Waals surface area contributed by atoms with E-state index in [9.17, 15) is 0 Å². The number of aromatic nitrogens is 3. The molecule has 0 atom stereocenters. The van der Waals surface area contributed by atoms with Crippen molar-refractivity contribution in [2.75, 3.05) is 37.7 Å². The van der Waals surface area contributed by atoms with Crippen molar-refractivity contribution in [1.82, 2.24) is 20.3 Å². The Morgan fingerprint density at radius 3 is 2.55 bits per heavy atom. The lowest BCUT2D eigenvalue weighted by Gasteiger charge is -2.28. The van der Waals surface area contributed by atoms with E-state index in [1.807, 2.05) is 6.92 Å². The Balaban J connectivity index is 1.75. The number of hydrogen-bond acceptors (Lipinski definition) is 7. The van der Waals surface area contributed by atoms with Crippen molar-refractivity contribution in [2.24, 2.45) is 0 Å². The van der Waals surface area contributed by atoms with Gasteiger partial charge in [-0.3, -0.25) is 0 Å². The predicted molar refractivity (Wildman–Crippen MR) is 129 cm³/mol. The number of thiophene rings is 1. The van der Waals surface area contributed by atoms with Crippen molar-refractivity contribution in [1.29, 1.82) is 0 Å². The van der Waals surface area contributed by atoms with Crippen molar-refractivity contribution < 1.29 is 4.74 Å². The van der Waals surface area contributed by atoms with Crippen molar-refractivity contribution in [3.8, 4) is 17.3 Å². The number of nitrogens with one attached hydrogen (secondary N) is 1. The molecule has 0 bridgehead atoms. The predicted octanol–water partition coefficient (Wildman–Crippen LogP) is 4.59. The topological polar surface area (TPSA) is 63.2 Å². The molecule has 7 heteroatoms. The normalized spacial score (nSPS) is 14.5. The number of piperazine rings is 1. The quantitative estimate of drug-likeness (QED) is 0.497. The first-order valence-electron chi connectivity index (χ1n) is 11.0. The summed E-state index contributed by atoms with van der Waals surface area (Å²) in [4.78, 5) is 18.0. The average molecular weight is 434 g/mol. The molecule has 0 saturated carbocycles. The van der Waals surface area contributed by atoms with Crippen LogP contribution in [-0.2, 0) is 6.42 Å². The maximum Gasteiger partial charge on any atom is 0.319 e. The van der Waals surface area contributed by atoms with Crippen LogP contribution in [0.2, 0.25) is 0 Å². The van der Waals surface area contributed by atoms with Crippen LogP contribution in [0.1, 0.15) is 25.0 Å². The number of pyridine rings is 1. The Bertz CT molecular complexity index is 1230. The summed E-state index contributed by atoms with van der Waals surface area (Å²) in [6.07, 6.45) is 0.917. The van der Waals surface area contributed by atoms with Gasteiger partial charge in [-0.05, 0) is 31.9 Å². The van der Waals surface area contributed by atoms with E-state index >= 15 is 0 Å². The number of hydrogen-bond donors (Lipinski definition) is 1. The highest BCUT2D eigenvalue weighted by atomic mass is 32.1. The zero-order chi connectivity index (χ0) is 21.4. The van der Waals surface area contributed by atoms with Gasteiger partial charge in [-0.25, -0.2) is 4.98 Å². The Hall–Kier alpha value is -2.77. The van der Waals surface area contributed by atoms with Crippen molar-refractivity contribution in [2.45, 2.75) is 27.2 Å². The number of fused-ring (bicyclic) bond motifs is 3. The molecule has 31 heavy (non-hydrogen) atoms. The van der Waals surface area contributed by atoms with Gasteiger partial charge in [0.15, 0.2) is 5.82 Å². The molecule has 160 valence electrons. The van der Waals surface area contributed by atoms with Crippen molar-refractivity contribution in [3.63, 3.8) is 0 Å². The summed E-state index contributed by atoms with van der Waals surface area (Å²) in [6, 6.07) is 11.2. The second kappa shape index (κ2) is 8.40. The van der Waals surface area contributed by atoms with E-state index in [2.05, 4.69) is 54.4 Å². The van der Waals surface area contributed by atoms with E-state index in [4.69, 9.17) is 19.7 Å². The maximum absolute atomic E-state index is 5.76. The van der Waals surface area contributed by atoms with Gasteiger partial charge in [-0.15, -0.1) is 11.3 Å². The first-order valence-corrected chi connectivity index (χ1v) is 11.8. The van der Waals surface area contributed by atoms with Crippen LogP contribution in [-0.4, -0.2) is 47.7 Å². The Morgan fingerprint density at radius 1 is 1.06 bits per heavy atom. The molecular weight excluding hydrogens is 406 g/mol. The Morgan fingerprint density at radius 2 is 1.84 bits per heavy atom. The number of ether oxygens (including phenoxy) is 1. The molecule has 1 fully saturated rings. The fourth-order valence-electron chi connectivity index (χ4n) is 4.11. The third-order valence-electron chi connectivity index (χ3n) is 5.75. The van der Waals surface area contributed by atoms with E-state index in [0.29, 0.717) is 12.6 Å². The molecule has 5 rings (SSSR count). The van der Waals surface area contributed by atoms with Gasteiger partial charge in [-0.1, -0.05) is 36.8 Å². The third-order valence-corrected chi connectivity index (χ3v) is 6.82. The zero-order valence-electron chi connectivity index (χ0n) is 18.2. The van der Waals surface area contributed by atoms with E-state index in [1.165, 1.54) is 11.1 Å². The van der Waals surface area contributed by atoms with E-state index in [-0.39, 0.29) is 0 Å². The molecule has 1 N–H and O–H groups in total. The lowest BCUT2D eigenvalue weighted by Crippen LogP contribution is -2.44. The molecule has 0 unspecified atom stereocenters. The smallest absolute Gasteiger partial charge is 0.319 e. The van der Waals surface area contributed by atoms with Gasteiger partial charge in [0.05, 0.1) is 17.0 Å². The van der Waals surface area contributed by atoms with Crippen LogP contribution in [0.3, 0.4) is 0 Å². The molecule has 0 amide bonds. The Labute approximate surface area is 186 Å². The van der Waals surface area contributed by atoms with Gasteiger partial charge >= 0.3 is 6.01 Å². The van der Waals surface area contributed by atoms with E-state index < -0.39 is 0 Å². The van der Waals surface area contributed by atoms with Gasteiger partial charge in [-0.2, -0.15) is 9.97 Å². The molecule has 0 spiro atoms. The first kappa shape index (κ1) is 20.2. The highest BCUT2D eigenvalue weighted by molar-refractivity contribution is 7.26. The Kier molecular flexibility index (Phi) is 5.46. The standard InChI is InChI=1S/C24H27N5OS/c1-4-16-14-18(17-8-6-15(3)7-9-17)26-23-19(16)20-21(31-23)22(28-24(27-20)30-5-2)29-12-10-25-11-13-29/h6-9,14,25H,4-5,10-13H2,1-3H3. The zero-order valence-corrected chi connectivity index (χ0v) is 19.1. The second-order valence-corrected chi connectivity index (χ2v) is 8.85. The summed E-state index contributed by atoms with van der Waals surface area (Å²) < 4.78 is 6.86. The molecule has 0 radical (unpaired) electrons. The third kappa shape index (κ3) is 3.72. The monoisotopic (exact) mass is 433 g/mol. The fraction of sp³-hybridized carbons (Fsp3) is 0.375. The van der Waals surface area contributed by atoms with Crippen LogP contribution in [0.25, 0.3) is 31.7 Å². The molecule has 4 heterocycles. The summed E-state index contributed by atoms with van der Waals surface area (Å²) in [5, 5.41) is 4.56. The SMILES string of the molecule is CCOc1nc(N2CCNCC2)c2sc3nc(-c4ccc(C)cc4)cc(CC)c3c2n1. The molecule has 0 aliphatic carbocycles. The minimum Gasteiger partial charge on any atom is -0.464 e. The number of aryl methyl sites for hydroxylation is 2. The summed E-state index contributed by atoms with van der Waals surface area (Å²) >= 11 is 1.70. The lowest BCUT2D eigenvalue weighted by molar-refractivity contribution is 0.314. The second-order valence-electron chi connectivity index (χ2n) is 7.85. The number of nitrogens with zero attached hydrogens (tertiary/aromatic N) is 4. The molecule has 1 aliphatic rings. The van der Waals surface area contributed by atoms with Crippen LogP contribution in [0.15, 0.2) is 30.3 Å². The summed E-state index contributed by atoms with van der Waals surface area (Å²) in [6.45, 7) is 10.6.